The van der Waals surface area contributed by atoms with Gasteiger partial charge in [-0.1, -0.05) is 0 Å². The van der Waals surface area contributed by atoms with Crippen molar-refractivity contribution in [3.63, 3.8) is 0 Å². The Labute approximate surface area is 200 Å². The van der Waals surface area contributed by atoms with Crippen LogP contribution in [0.1, 0.15) is 20.8 Å². The highest BCUT2D eigenvalue weighted by molar-refractivity contribution is 5.73. The predicted octanol–water partition coefficient (Wildman–Crippen LogP) is -5.37. The molecule has 15 heteroatoms. The standard InChI is InChI=1S/C20H35NO14/c1-5-11(25)14(28)17(18(30)31-5)35-19-9(21-7(3)23)16(12(26)8(4-22)33-19)34-20-15(29)13(27)10(24)6(2)32-20/h5-6,8-20,22,24-30H,4H2,1-3H3,(H,21,23)/t5-,6-,8+,9+,10-,11-,12+,13+,14+,15+,16+,17+,18+,19-,20-/m0/s1. The third-order valence-corrected chi connectivity index (χ3v) is 6.42. The van der Waals surface area contributed by atoms with Crippen molar-refractivity contribution in [2.75, 3.05) is 6.61 Å². The molecule has 204 valence electrons. The minimum absolute atomic E-state index is 0.626. The zero-order valence-corrected chi connectivity index (χ0v) is 19.4. The van der Waals surface area contributed by atoms with E-state index in [4.69, 9.17) is 23.7 Å². The van der Waals surface area contributed by atoms with Crippen LogP contribution in [0.2, 0.25) is 0 Å². The third-order valence-electron chi connectivity index (χ3n) is 6.42. The Hall–Kier alpha value is -1.05. The zero-order chi connectivity index (χ0) is 26.2. The molecule has 3 aliphatic rings. The first-order chi connectivity index (χ1) is 16.4. The summed E-state index contributed by atoms with van der Waals surface area (Å²) in [6.45, 7) is 3.24. The molecule has 0 spiro atoms. The summed E-state index contributed by atoms with van der Waals surface area (Å²) in [6, 6.07) is -1.36. The van der Waals surface area contributed by atoms with Crippen LogP contribution in [-0.2, 0) is 28.5 Å². The van der Waals surface area contributed by atoms with Crippen molar-refractivity contribution in [3.8, 4) is 0 Å². The predicted molar refractivity (Wildman–Crippen MR) is 110 cm³/mol. The minimum Gasteiger partial charge on any atom is -0.394 e. The second-order valence-corrected chi connectivity index (χ2v) is 9.04. The number of nitrogens with one attached hydrogen (secondary N) is 1. The van der Waals surface area contributed by atoms with Gasteiger partial charge in [-0.25, -0.2) is 0 Å². The van der Waals surface area contributed by atoms with Crippen LogP contribution in [0, 0.1) is 0 Å². The van der Waals surface area contributed by atoms with Gasteiger partial charge in [0.2, 0.25) is 5.91 Å². The van der Waals surface area contributed by atoms with Gasteiger partial charge in [0.15, 0.2) is 18.9 Å². The van der Waals surface area contributed by atoms with Crippen LogP contribution in [0.5, 0.6) is 0 Å². The summed E-state index contributed by atoms with van der Waals surface area (Å²) in [7, 11) is 0. The van der Waals surface area contributed by atoms with E-state index in [0.717, 1.165) is 6.92 Å². The fraction of sp³-hybridized carbons (Fsp3) is 0.950. The first-order valence-corrected chi connectivity index (χ1v) is 11.3. The quantitative estimate of drug-likeness (QED) is 0.161. The van der Waals surface area contributed by atoms with E-state index in [1.165, 1.54) is 13.8 Å². The Morgan fingerprint density at radius 2 is 1.31 bits per heavy atom. The second kappa shape index (κ2) is 11.6. The molecule has 0 radical (unpaired) electrons. The van der Waals surface area contributed by atoms with Gasteiger partial charge in [-0.3, -0.25) is 4.79 Å². The van der Waals surface area contributed by atoms with Gasteiger partial charge in [0.25, 0.3) is 0 Å². The van der Waals surface area contributed by atoms with Crippen LogP contribution in [0.15, 0.2) is 0 Å². The molecule has 0 bridgehead atoms. The maximum absolute atomic E-state index is 12.0. The molecular formula is C20H35NO14. The minimum atomic E-state index is -1.74. The van der Waals surface area contributed by atoms with Crippen molar-refractivity contribution >= 4 is 5.91 Å². The van der Waals surface area contributed by atoms with Crippen molar-refractivity contribution in [2.45, 2.75) is 113 Å². The Morgan fingerprint density at radius 3 is 1.91 bits per heavy atom. The lowest BCUT2D eigenvalue weighted by atomic mass is 9.95. The fourth-order valence-corrected chi connectivity index (χ4v) is 4.34. The summed E-state index contributed by atoms with van der Waals surface area (Å²) in [5, 5.41) is 84.1. The van der Waals surface area contributed by atoms with E-state index in [1.54, 1.807) is 0 Å². The summed E-state index contributed by atoms with van der Waals surface area (Å²) in [5.41, 5.74) is 0. The summed E-state index contributed by atoms with van der Waals surface area (Å²) in [5.74, 6) is -0.626. The van der Waals surface area contributed by atoms with Gasteiger partial charge in [0, 0.05) is 6.92 Å². The number of carbonyl (C=O) groups is 1. The van der Waals surface area contributed by atoms with E-state index in [0.29, 0.717) is 0 Å². The summed E-state index contributed by atoms with van der Waals surface area (Å²) in [6.07, 6.45) is -20.6. The maximum atomic E-state index is 12.0. The largest absolute Gasteiger partial charge is 0.394 e. The number of rotatable bonds is 6. The van der Waals surface area contributed by atoms with Crippen molar-refractivity contribution in [1.29, 1.82) is 0 Å². The molecule has 0 aromatic carbocycles. The smallest absolute Gasteiger partial charge is 0.217 e. The summed E-state index contributed by atoms with van der Waals surface area (Å²) in [4.78, 5) is 12.0. The van der Waals surface area contributed by atoms with Crippen molar-refractivity contribution in [2.24, 2.45) is 0 Å². The van der Waals surface area contributed by atoms with E-state index < -0.39 is 105 Å². The Morgan fingerprint density at radius 1 is 0.743 bits per heavy atom. The lowest BCUT2D eigenvalue weighted by molar-refractivity contribution is -0.364. The number of hydrogen-bond acceptors (Lipinski definition) is 14. The highest BCUT2D eigenvalue weighted by Gasteiger charge is 2.53. The van der Waals surface area contributed by atoms with Gasteiger partial charge in [-0.05, 0) is 13.8 Å². The summed E-state index contributed by atoms with van der Waals surface area (Å²) < 4.78 is 27.5. The van der Waals surface area contributed by atoms with Gasteiger partial charge >= 0.3 is 0 Å². The molecule has 0 aromatic heterocycles. The molecule has 0 aliphatic carbocycles. The molecule has 15 nitrogen and oxygen atoms in total. The second-order valence-electron chi connectivity index (χ2n) is 9.04. The third kappa shape index (κ3) is 5.93. The molecule has 35 heavy (non-hydrogen) atoms. The van der Waals surface area contributed by atoms with Gasteiger partial charge in [-0.15, -0.1) is 0 Å². The van der Waals surface area contributed by atoms with Gasteiger partial charge in [0.05, 0.1) is 18.8 Å². The van der Waals surface area contributed by atoms with E-state index in [1.807, 2.05) is 0 Å². The van der Waals surface area contributed by atoms with Crippen LogP contribution in [0.25, 0.3) is 0 Å². The number of aliphatic hydroxyl groups excluding tert-OH is 8. The molecule has 1 amide bonds. The van der Waals surface area contributed by atoms with Gasteiger partial charge in [0.1, 0.15) is 61.0 Å². The molecule has 3 fully saturated rings. The molecular weight excluding hydrogens is 478 g/mol. The molecule has 3 rings (SSSR count). The van der Waals surface area contributed by atoms with E-state index in [2.05, 4.69) is 5.32 Å². The highest BCUT2D eigenvalue weighted by Crippen LogP contribution is 2.32. The molecule has 0 aromatic rings. The van der Waals surface area contributed by atoms with E-state index >= 15 is 0 Å². The number of ether oxygens (including phenoxy) is 5. The Balaban J connectivity index is 1.87. The van der Waals surface area contributed by atoms with Gasteiger partial charge in [-0.2, -0.15) is 0 Å². The first-order valence-electron chi connectivity index (χ1n) is 11.3. The number of hydrogen-bond donors (Lipinski definition) is 9. The number of amides is 1. The average molecular weight is 513 g/mol. The lowest BCUT2D eigenvalue weighted by Crippen LogP contribution is -2.69. The molecule has 9 N–H and O–H groups in total. The van der Waals surface area contributed by atoms with Crippen LogP contribution in [-0.4, -0.2) is 145 Å². The average Bonchev–Trinajstić information content (AvgIpc) is 2.80. The topological polar surface area (TPSA) is 237 Å². The van der Waals surface area contributed by atoms with Crippen LogP contribution >= 0.6 is 0 Å². The normalized spacial score (nSPS) is 51.1. The molecule has 3 aliphatic heterocycles. The lowest BCUT2D eigenvalue weighted by Gasteiger charge is -2.49. The van der Waals surface area contributed by atoms with Crippen LogP contribution in [0.3, 0.4) is 0 Å². The Kier molecular flexibility index (Phi) is 9.42. The summed E-state index contributed by atoms with van der Waals surface area (Å²) >= 11 is 0. The van der Waals surface area contributed by atoms with E-state index in [-0.39, 0.29) is 0 Å². The zero-order valence-electron chi connectivity index (χ0n) is 19.4. The maximum Gasteiger partial charge on any atom is 0.217 e. The molecule has 3 heterocycles. The monoisotopic (exact) mass is 513 g/mol. The van der Waals surface area contributed by atoms with Crippen LogP contribution in [0.4, 0.5) is 0 Å². The molecule has 15 atom stereocenters. The first kappa shape index (κ1) is 28.5. The number of aliphatic hydroxyl groups is 8. The molecule has 3 saturated heterocycles. The molecule has 0 unspecified atom stereocenters. The van der Waals surface area contributed by atoms with E-state index in [9.17, 15) is 45.6 Å². The highest BCUT2D eigenvalue weighted by atomic mass is 16.7. The van der Waals surface area contributed by atoms with Crippen LogP contribution < -0.4 is 5.32 Å². The van der Waals surface area contributed by atoms with Gasteiger partial charge < -0.3 is 69.9 Å². The van der Waals surface area contributed by atoms with Crippen molar-refractivity contribution in [3.05, 3.63) is 0 Å². The fourth-order valence-electron chi connectivity index (χ4n) is 4.34. The van der Waals surface area contributed by atoms with Crippen molar-refractivity contribution < 1.29 is 69.3 Å². The number of carbonyl (C=O) groups excluding carboxylic acids is 1. The Bertz CT molecular complexity index is 715. The van der Waals surface area contributed by atoms with Crippen molar-refractivity contribution in [1.82, 2.24) is 5.32 Å². The molecule has 0 saturated carbocycles. The SMILES string of the molecule is CC(=O)N[C@H]1[C@H](O[C@@H]2[C@H](O)[C@@H](O)[C@H](C)O[C@H]2O)O[C@H](CO)[C@@H](O)[C@@H]1O[C@@H]1O[C@@H](C)[C@H](O)[C@@H](O)[C@H]1O.